The molecule has 3 fully saturated rings. The van der Waals surface area contributed by atoms with Crippen molar-refractivity contribution in [3.05, 3.63) is 0 Å². The van der Waals surface area contributed by atoms with Gasteiger partial charge in [-0.05, 0) is 109 Å². The van der Waals surface area contributed by atoms with Crippen molar-refractivity contribution in [2.45, 2.75) is 118 Å². The fourth-order valence-corrected chi connectivity index (χ4v) is 5.09. The van der Waals surface area contributed by atoms with Crippen molar-refractivity contribution in [3.8, 4) is 0 Å². The smallest absolute Gasteiger partial charge is 0.00915 e. The molecule has 4 heteroatoms. The van der Waals surface area contributed by atoms with Gasteiger partial charge in [0.15, 0.2) is 0 Å². The van der Waals surface area contributed by atoms with Crippen LogP contribution < -0.4 is 10.6 Å². The molecule has 0 aromatic heterocycles. The molecule has 0 atom stereocenters. The summed E-state index contributed by atoms with van der Waals surface area (Å²) in [5, 5.41) is 7.24. The second-order valence-electron chi connectivity index (χ2n) is 12.9. The number of nitrogens with zero attached hydrogens (tertiary/aromatic N) is 2. The molecule has 2 saturated heterocycles. The molecular weight excluding hydrogens is 416 g/mol. The van der Waals surface area contributed by atoms with Gasteiger partial charge in [-0.2, -0.15) is 0 Å². The maximum absolute atomic E-state index is 3.62. The second-order valence-corrected chi connectivity index (χ2v) is 12.9. The zero-order valence-corrected chi connectivity index (χ0v) is 24.7. The summed E-state index contributed by atoms with van der Waals surface area (Å²) < 4.78 is 0. The summed E-state index contributed by atoms with van der Waals surface area (Å²) in [4.78, 5) is 5.01. The molecule has 0 aromatic rings. The van der Waals surface area contributed by atoms with Gasteiger partial charge < -0.3 is 20.4 Å². The molecule has 3 aliphatic rings. The lowest BCUT2D eigenvalue weighted by molar-refractivity contribution is 0.175. The highest BCUT2D eigenvalue weighted by Gasteiger charge is 2.16. The first kappa shape index (κ1) is 31.9. The summed E-state index contributed by atoms with van der Waals surface area (Å²) >= 11 is 0. The second kappa shape index (κ2) is 19.0. The fourth-order valence-electron chi connectivity index (χ4n) is 5.09. The summed E-state index contributed by atoms with van der Waals surface area (Å²) in [6.45, 7) is 24.9. The zero-order chi connectivity index (χ0) is 25.3. The van der Waals surface area contributed by atoms with Crippen molar-refractivity contribution in [2.24, 2.45) is 23.7 Å². The van der Waals surface area contributed by atoms with Crippen molar-refractivity contribution < 1.29 is 0 Å². The van der Waals surface area contributed by atoms with Crippen molar-refractivity contribution >= 4 is 0 Å². The highest BCUT2D eigenvalue weighted by atomic mass is 15.1. The summed E-state index contributed by atoms with van der Waals surface area (Å²) in [6, 6.07) is 1.62. The zero-order valence-electron chi connectivity index (χ0n) is 24.7. The highest BCUT2D eigenvalue weighted by Crippen LogP contribution is 2.18. The number of likely N-dealkylation sites (tertiary alicyclic amines) is 2. The van der Waals surface area contributed by atoms with Crippen LogP contribution in [0.1, 0.15) is 106 Å². The van der Waals surface area contributed by atoms with Crippen LogP contribution in [0.5, 0.6) is 0 Å². The van der Waals surface area contributed by atoms with Gasteiger partial charge in [0, 0.05) is 18.6 Å². The van der Waals surface area contributed by atoms with Crippen LogP contribution in [0, 0.1) is 23.7 Å². The van der Waals surface area contributed by atoms with Gasteiger partial charge >= 0.3 is 0 Å². The van der Waals surface area contributed by atoms with E-state index < -0.39 is 0 Å². The Bertz CT molecular complexity index is 443. The number of nitrogens with one attached hydrogen (secondary N) is 2. The van der Waals surface area contributed by atoms with Crippen LogP contribution in [0.25, 0.3) is 0 Å². The third kappa shape index (κ3) is 17.3. The van der Waals surface area contributed by atoms with Gasteiger partial charge in [0.1, 0.15) is 0 Å². The number of piperidine rings is 2. The molecule has 34 heavy (non-hydrogen) atoms. The normalized spacial score (nSPS) is 22.0. The topological polar surface area (TPSA) is 30.5 Å². The van der Waals surface area contributed by atoms with Crippen LogP contribution in [0.15, 0.2) is 0 Å². The first-order chi connectivity index (χ1) is 16.2. The van der Waals surface area contributed by atoms with Crippen LogP contribution in [0.3, 0.4) is 0 Å². The van der Waals surface area contributed by atoms with Gasteiger partial charge in [-0.3, -0.25) is 0 Å². The Morgan fingerprint density at radius 1 is 0.618 bits per heavy atom. The van der Waals surface area contributed by atoms with Crippen LogP contribution in [0.2, 0.25) is 0 Å². The van der Waals surface area contributed by atoms with Gasteiger partial charge in [0.2, 0.25) is 0 Å². The van der Waals surface area contributed by atoms with E-state index in [1.54, 1.807) is 0 Å². The Hall–Kier alpha value is -0.160. The summed E-state index contributed by atoms with van der Waals surface area (Å²) in [6.07, 6.45) is 12.6. The molecule has 204 valence electrons. The van der Waals surface area contributed by atoms with Gasteiger partial charge in [-0.25, -0.2) is 0 Å². The molecule has 2 N–H and O–H groups in total. The van der Waals surface area contributed by atoms with Crippen LogP contribution in [0.4, 0.5) is 0 Å². The maximum atomic E-state index is 3.62. The van der Waals surface area contributed by atoms with E-state index in [1.807, 2.05) is 0 Å². The van der Waals surface area contributed by atoms with Crippen molar-refractivity contribution in [1.29, 1.82) is 0 Å². The van der Waals surface area contributed by atoms with E-state index >= 15 is 0 Å². The molecule has 2 heterocycles. The van der Waals surface area contributed by atoms with E-state index in [1.165, 1.54) is 104 Å². The average molecular weight is 481 g/mol. The Labute approximate surface area is 215 Å². The maximum Gasteiger partial charge on any atom is 0.00915 e. The third-order valence-electron chi connectivity index (χ3n) is 7.45. The van der Waals surface area contributed by atoms with Crippen molar-refractivity contribution in [2.75, 3.05) is 52.9 Å². The average Bonchev–Trinajstić information content (AvgIpc) is 2.80. The quantitative estimate of drug-likeness (QED) is 0.429. The molecule has 0 unspecified atom stereocenters. The molecule has 0 bridgehead atoms. The summed E-state index contributed by atoms with van der Waals surface area (Å²) in [7, 11) is 2.21. The minimum atomic E-state index is 0.781. The van der Waals surface area contributed by atoms with Crippen LogP contribution >= 0.6 is 0 Å². The lowest BCUT2D eigenvalue weighted by atomic mass is 9.95. The number of rotatable bonds is 8. The molecule has 2 aliphatic heterocycles. The van der Waals surface area contributed by atoms with Gasteiger partial charge in [0.05, 0.1) is 0 Å². The largest absolute Gasteiger partial charge is 0.314 e. The molecule has 0 spiro atoms. The third-order valence-corrected chi connectivity index (χ3v) is 7.45. The Balaban J connectivity index is 0.000000255. The first-order valence-electron chi connectivity index (χ1n) is 15.0. The standard InChI is InChI=1S/C10H22N2.2C10H21N/c1-9(2)8-11-10-4-6-12(3)7-5-10;1-9(2)8-11-6-4-10(3)5-7-11;1-9(2)8-11-10-6-4-3-5-7-10/h9-11H,4-8H2,1-3H3;9-10H,4-8H2,1-3H3;9-11H,3-8H2,1-2H3. The summed E-state index contributed by atoms with van der Waals surface area (Å²) in [5.41, 5.74) is 0. The summed E-state index contributed by atoms with van der Waals surface area (Å²) in [5.74, 6) is 3.39. The monoisotopic (exact) mass is 481 g/mol. The molecule has 1 saturated carbocycles. The highest BCUT2D eigenvalue weighted by molar-refractivity contribution is 4.75. The van der Waals surface area contributed by atoms with E-state index in [0.29, 0.717) is 0 Å². The van der Waals surface area contributed by atoms with E-state index in [4.69, 9.17) is 0 Å². The minimum Gasteiger partial charge on any atom is -0.314 e. The molecular formula is C30H64N4. The minimum absolute atomic E-state index is 0.781. The van der Waals surface area contributed by atoms with E-state index in [9.17, 15) is 0 Å². The van der Waals surface area contributed by atoms with Gasteiger partial charge in [-0.1, -0.05) is 67.7 Å². The predicted molar refractivity (Wildman–Crippen MR) is 153 cm³/mol. The molecule has 0 aromatic carbocycles. The van der Waals surface area contributed by atoms with E-state index in [2.05, 4.69) is 75.9 Å². The van der Waals surface area contributed by atoms with Gasteiger partial charge in [-0.15, -0.1) is 0 Å². The van der Waals surface area contributed by atoms with Crippen LogP contribution in [-0.4, -0.2) is 74.7 Å². The number of hydrogen-bond acceptors (Lipinski definition) is 4. The van der Waals surface area contributed by atoms with E-state index in [0.717, 1.165) is 35.8 Å². The molecule has 4 nitrogen and oxygen atoms in total. The lowest BCUT2D eigenvalue weighted by Crippen LogP contribution is -2.41. The Kier molecular flexibility index (Phi) is 17.8. The molecule has 1 aliphatic carbocycles. The fraction of sp³-hybridized carbons (Fsp3) is 1.00. The van der Waals surface area contributed by atoms with E-state index in [-0.39, 0.29) is 0 Å². The van der Waals surface area contributed by atoms with Crippen LogP contribution in [-0.2, 0) is 0 Å². The predicted octanol–water partition coefficient (Wildman–Crippen LogP) is 6.27. The Morgan fingerprint density at radius 3 is 1.53 bits per heavy atom. The molecule has 0 radical (unpaired) electrons. The molecule has 3 rings (SSSR count). The lowest BCUT2D eigenvalue weighted by Gasteiger charge is -2.31. The first-order valence-corrected chi connectivity index (χ1v) is 15.0. The molecule has 0 amide bonds. The number of hydrogen-bond donors (Lipinski definition) is 2. The Morgan fingerprint density at radius 2 is 1.09 bits per heavy atom. The van der Waals surface area contributed by atoms with Crippen molar-refractivity contribution in [3.63, 3.8) is 0 Å². The van der Waals surface area contributed by atoms with Crippen molar-refractivity contribution in [1.82, 2.24) is 20.4 Å². The SMILES string of the molecule is CC(C)CN1CCC(C)CC1.CC(C)CNC1CCCCC1.CC(C)CNC1CCN(C)CC1. The van der Waals surface area contributed by atoms with Gasteiger partial charge in [0.25, 0.3) is 0 Å².